The second-order valence-electron chi connectivity index (χ2n) is 4.81. The van der Waals surface area contributed by atoms with Crippen molar-refractivity contribution in [3.63, 3.8) is 0 Å². The van der Waals surface area contributed by atoms with Crippen LogP contribution < -0.4 is 10.1 Å². The fourth-order valence-corrected chi connectivity index (χ4v) is 2.02. The number of rotatable bonds is 5. The quantitative estimate of drug-likeness (QED) is 0.728. The van der Waals surface area contributed by atoms with Gasteiger partial charge in [0.15, 0.2) is 5.65 Å². The van der Waals surface area contributed by atoms with Gasteiger partial charge in [0.25, 0.3) is 5.91 Å². The number of nitrogens with one attached hydrogen (secondary N) is 1. The molecule has 0 spiro atoms. The van der Waals surface area contributed by atoms with E-state index < -0.39 is 0 Å². The molecule has 0 aliphatic heterocycles. The monoisotopic (exact) mass is 313 g/mol. The van der Waals surface area contributed by atoms with Gasteiger partial charge in [0.2, 0.25) is 5.88 Å². The lowest BCUT2D eigenvalue weighted by Gasteiger charge is -2.06. The number of anilines is 1. The molecule has 0 aliphatic carbocycles. The summed E-state index contributed by atoms with van der Waals surface area (Å²) in [6.45, 7) is 0.0929. The number of amides is 1. The first-order valence-electron chi connectivity index (χ1n) is 6.96. The summed E-state index contributed by atoms with van der Waals surface area (Å²) in [5.74, 6) is 0.0467. The smallest absolute Gasteiger partial charge is 0.274 e. The summed E-state index contributed by atoms with van der Waals surface area (Å²) >= 11 is 0. The Kier molecular flexibility index (Phi) is 4.15. The number of hydrogen-bond acceptors (Lipinski definition) is 6. The van der Waals surface area contributed by atoms with E-state index in [0.29, 0.717) is 22.9 Å². The normalized spacial score (nSPS) is 10.7. The summed E-state index contributed by atoms with van der Waals surface area (Å²) in [5.41, 5.74) is 2.19. The molecule has 0 bridgehead atoms. The molecule has 1 amide bonds. The van der Waals surface area contributed by atoms with Crippen molar-refractivity contribution in [1.29, 1.82) is 0 Å². The second kappa shape index (κ2) is 6.41. The molecule has 0 unspecified atom stereocenters. The number of pyridine rings is 2. The zero-order chi connectivity index (χ0) is 16.2. The fourth-order valence-electron chi connectivity index (χ4n) is 2.02. The maximum absolute atomic E-state index is 12.3. The van der Waals surface area contributed by atoms with Gasteiger partial charge in [0, 0.05) is 13.1 Å². The molecule has 0 saturated heterocycles. The van der Waals surface area contributed by atoms with Gasteiger partial charge in [-0.25, -0.2) is 15.0 Å². The third-order valence-corrected chi connectivity index (χ3v) is 3.13. The molecule has 0 radical (unpaired) electrons. The lowest BCUT2D eigenvalue weighted by Crippen LogP contribution is -2.14. The molecular formula is C15H15N5O3. The number of aromatic nitrogens is 4. The predicted octanol–water partition coefficient (Wildman–Crippen LogP) is 0.987. The van der Waals surface area contributed by atoms with Crippen molar-refractivity contribution in [1.82, 2.24) is 19.5 Å². The maximum Gasteiger partial charge on any atom is 0.274 e. The minimum Gasteiger partial charge on any atom is -0.475 e. The first kappa shape index (κ1) is 14.9. The number of carbonyl (C=O) groups excluding carboxylic acids is 1. The molecule has 0 saturated carbocycles. The van der Waals surface area contributed by atoms with Crippen molar-refractivity contribution >= 4 is 22.8 Å². The largest absolute Gasteiger partial charge is 0.475 e. The zero-order valence-electron chi connectivity index (χ0n) is 12.4. The highest BCUT2D eigenvalue weighted by Gasteiger charge is 2.11. The highest BCUT2D eigenvalue weighted by atomic mass is 16.5. The Balaban J connectivity index is 1.73. The molecule has 0 aromatic carbocycles. The third kappa shape index (κ3) is 3.27. The van der Waals surface area contributed by atoms with Gasteiger partial charge in [-0.3, -0.25) is 4.79 Å². The molecule has 8 heteroatoms. The number of hydrogen-bond donors (Lipinski definition) is 2. The number of imidazole rings is 1. The summed E-state index contributed by atoms with van der Waals surface area (Å²) in [6, 6.07) is 6.65. The van der Waals surface area contributed by atoms with E-state index in [2.05, 4.69) is 20.3 Å². The Hall–Kier alpha value is -3.00. The fraction of sp³-hybridized carbons (Fsp3) is 0.200. The summed E-state index contributed by atoms with van der Waals surface area (Å²) in [6.07, 6.45) is 3.13. The Morgan fingerprint density at radius 1 is 1.30 bits per heavy atom. The van der Waals surface area contributed by atoms with Crippen molar-refractivity contribution in [2.24, 2.45) is 7.05 Å². The average Bonchev–Trinajstić information content (AvgIpc) is 2.95. The zero-order valence-corrected chi connectivity index (χ0v) is 12.4. The van der Waals surface area contributed by atoms with Gasteiger partial charge in [-0.1, -0.05) is 0 Å². The molecule has 23 heavy (non-hydrogen) atoms. The van der Waals surface area contributed by atoms with Gasteiger partial charge in [0.05, 0.1) is 24.8 Å². The van der Waals surface area contributed by atoms with Gasteiger partial charge < -0.3 is 19.7 Å². The first-order valence-corrected chi connectivity index (χ1v) is 6.96. The summed E-state index contributed by atoms with van der Waals surface area (Å²) in [5, 5.41) is 11.4. The molecule has 0 aliphatic rings. The highest BCUT2D eigenvalue weighted by molar-refractivity contribution is 6.03. The number of aliphatic hydroxyl groups excluding tert-OH is 1. The van der Waals surface area contributed by atoms with Crippen LogP contribution in [0.2, 0.25) is 0 Å². The Labute approximate surface area is 131 Å². The Morgan fingerprint density at radius 3 is 2.91 bits per heavy atom. The van der Waals surface area contributed by atoms with E-state index in [1.165, 1.54) is 6.20 Å². The number of fused-ring (bicyclic) bond motifs is 1. The lowest BCUT2D eigenvalue weighted by atomic mass is 10.3. The van der Waals surface area contributed by atoms with Gasteiger partial charge in [0.1, 0.15) is 17.8 Å². The van der Waals surface area contributed by atoms with E-state index in [4.69, 9.17) is 9.84 Å². The van der Waals surface area contributed by atoms with Gasteiger partial charge in [-0.2, -0.15) is 0 Å². The molecule has 118 valence electrons. The highest BCUT2D eigenvalue weighted by Crippen LogP contribution is 2.14. The Morgan fingerprint density at radius 2 is 2.17 bits per heavy atom. The standard InChI is InChI=1S/C15H15N5O3/c1-20-9-17-11-3-4-12(19-14(11)20)15(22)18-10-2-5-13(16-8-10)23-7-6-21/h2-5,8-9,21H,6-7H2,1H3,(H,18,22). The van der Waals surface area contributed by atoms with Crippen LogP contribution in [0.15, 0.2) is 36.8 Å². The molecule has 2 N–H and O–H groups in total. The molecule has 3 aromatic heterocycles. The van der Waals surface area contributed by atoms with E-state index in [9.17, 15) is 4.79 Å². The van der Waals surface area contributed by atoms with Crippen molar-refractivity contribution in [3.8, 4) is 5.88 Å². The van der Waals surface area contributed by atoms with Crippen LogP contribution in [0.5, 0.6) is 5.88 Å². The van der Waals surface area contributed by atoms with Crippen LogP contribution in [-0.4, -0.2) is 43.7 Å². The SMILES string of the molecule is Cn1cnc2ccc(C(=O)Nc3ccc(OCCO)nc3)nc21. The molecular weight excluding hydrogens is 298 g/mol. The first-order chi connectivity index (χ1) is 11.2. The summed E-state index contributed by atoms with van der Waals surface area (Å²) in [4.78, 5) is 24.8. The van der Waals surface area contributed by atoms with Crippen LogP contribution in [0.4, 0.5) is 5.69 Å². The van der Waals surface area contributed by atoms with Crippen LogP contribution >= 0.6 is 0 Å². The molecule has 0 fully saturated rings. The van der Waals surface area contributed by atoms with Crippen LogP contribution in [0.1, 0.15) is 10.5 Å². The number of aliphatic hydroxyl groups is 1. The Bertz CT molecular complexity index is 829. The topological polar surface area (TPSA) is 102 Å². The van der Waals surface area contributed by atoms with E-state index in [0.717, 1.165) is 5.52 Å². The van der Waals surface area contributed by atoms with E-state index in [-0.39, 0.29) is 19.1 Å². The van der Waals surface area contributed by atoms with Gasteiger partial charge >= 0.3 is 0 Å². The third-order valence-electron chi connectivity index (χ3n) is 3.13. The lowest BCUT2D eigenvalue weighted by molar-refractivity contribution is 0.102. The summed E-state index contributed by atoms with van der Waals surface area (Å²) in [7, 11) is 1.82. The second-order valence-corrected chi connectivity index (χ2v) is 4.81. The van der Waals surface area contributed by atoms with Crippen molar-refractivity contribution in [2.45, 2.75) is 0 Å². The molecule has 3 aromatic rings. The molecule has 3 rings (SSSR count). The van der Waals surface area contributed by atoms with Gasteiger partial charge in [-0.15, -0.1) is 0 Å². The number of ether oxygens (including phenoxy) is 1. The van der Waals surface area contributed by atoms with Crippen LogP contribution in [0.3, 0.4) is 0 Å². The van der Waals surface area contributed by atoms with Crippen molar-refractivity contribution in [3.05, 3.63) is 42.5 Å². The van der Waals surface area contributed by atoms with Crippen LogP contribution in [0.25, 0.3) is 11.2 Å². The van der Waals surface area contributed by atoms with Gasteiger partial charge in [-0.05, 0) is 18.2 Å². The number of nitrogens with zero attached hydrogens (tertiary/aromatic N) is 4. The number of carbonyl (C=O) groups is 1. The predicted molar refractivity (Wildman–Crippen MR) is 83.3 cm³/mol. The van der Waals surface area contributed by atoms with Crippen molar-refractivity contribution in [2.75, 3.05) is 18.5 Å². The van der Waals surface area contributed by atoms with E-state index in [1.807, 2.05) is 7.05 Å². The van der Waals surface area contributed by atoms with Crippen LogP contribution in [0, 0.1) is 0 Å². The summed E-state index contributed by atoms with van der Waals surface area (Å²) < 4.78 is 6.91. The van der Waals surface area contributed by atoms with Crippen LogP contribution in [-0.2, 0) is 7.05 Å². The molecule has 0 atom stereocenters. The maximum atomic E-state index is 12.3. The minimum atomic E-state index is -0.334. The van der Waals surface area contributed by atoms with E-state index in [1.54, 1.807) is 35.2 Å². The molecule has 8 nitrogen and oxygen atoms in total. The molecule has 3 heterocycles. The van der Waals surface area contributed by atoms with Crippen molar-refractivity contribution < 1.29 is 14.6 Å². The number of aryl methyl sites for hydroxylation is 1. The van der Waals surface area contributed by atoms with E-state index >= 15 is 0 Å². The average molecular weight is 313 g/mol. The minimum absolute atomic E-state index is 0.0810.